The molecule has 0 amide bonds. The molecule has 1 saturated carbocycles. The normalized spacial score (nSPS) is 17.5. The van der Waals surface area contributed by atoms with Gasteiger partial charge in [-0.15, -0.1) is 0 Å². The number of pyridine rings is 1. The number of hydrogen-bond acceptors (Lipinski definition) is 4. The van der Waals surface area contributed by atoms with E-state index in [0.29, 0.717) is 24.2 Å². The van der Waals surface area contributed by atoms with E-state index in [2.05, 4.69) is 10.3 Å². The van der Waals surface area contributed by atoms with E-state index in [9.17, 15) is 9.90 Å². The second-order valence-corrected chi connectivity index (χ2v) is 5.86. The number of anilines is 1. The highest BCUT2D eigenvalue weighted by Crippen LogP contribution is 2.36. The minimum atomic E-state index is -0.774. The van der Waals surface area contributed by atoms with Crippen LogP contribution in [0.3, 0.4) is 0 Å². The molecule has 1 heterocycles. The van der Waals surface area contributed by atoms with Crippen LogP contribution in [0, 0.1) is 16.7 Å². The Morgan fingerprint density at radius 1 is 1.43 bits per heavy atom. The number of carboxylic acids is 1. The first-order valence-corrected chi connectivity index (χ1v) is 7.49. The van der Waals surface area contributed by atoms with Crippen molar-refractivity contribution in [1.82, 2.24) is 4.98 Å². The second kappa shape index (κ2) is 6.77. The van der Waals surface area contributed by atoms with Crippen molar-refractivity contribution in [2.45, 2.75) is 38.5 Å². The molecule has 21 heavy (non-hydrogen) atoms. The topological polar surface area (TPSA) is 86.0 Å². The lowest BCUT2D eigenvalue weighted by Gasteiger charge is -2.28. The number of hydrogen-bond donors (Lipinski definition) is 2. The van der Waals surface area contributed by atoms with Gasteiger partial charge in [-0.3, -0.25) is 4.79 Å². The van der Waals surface area contributed by atoms with E-state index in [1.54, 1.807) is 0 Å². The number of nitriles is 1. The Balaban J connectivity index is 2.16. The van der Waals surface area contributed by atoms with E-state index < -0.39 is 11.4 Å². The molecule has 0 radical (unpaired) electrons. The maximum absolute atomic E-state index is 11.7. The molecule has 112 valence electrons. The zero-order chi connectivity index (χ0) is 15.3. The molecule has 0 spiro atoms. The summed E-state index contributed by atoms with van der Waals surface area (Å²) in [5, 5.41) is 21.8. The number of rotatable bonds is 4. The van der Waals surface area contributed by atoms with Gasteiger partial charge in [-0.2, -0.15) is 5.26 Å². The van der Waals surface area contributed by atoms with Gasteiger partial charge in [-0.25, -0.2) is 4.98 Å². The molecule has 6 heteroatoms. The van der Waals surface area contributed by atoms with Crippen LogP contribution < -0.4 is 5.32 Å². The molecule has 0 aliphatic heterocycles. The molecule has 1 aromatic rings. The van der Waals surface area contributed by atoms with E-state index in [1.165, 1.54) is 12.3 Å². The number of nitrogens with one attached hydrogen (secondary N) is 1. The summed E-state index contributed by atoms with van der Waals surface area (Å²) in [5.74, 6) is -0.398. The van der Waals surface area contributed by atoms with Crippen molar-refractivity contribution in [2.75, 3.05) is 11.9 Å². The molecule has 0 unspecified atom stereocenters. The van der Waals surface area contributed by atoms with Gasteiger partial charge in [-0.05, 0) is 18.9 Å². The highest BCUT2D eigenvalue weighted by molar-refractivity contribution is 6.34. The summed E-state index contributed by atoms with van der Waals surface area (Å²) in [6.45, 7) is 0.282. The van der Waals surface area contributed by atoms with Crippen LogP contribution in [0.1, 0.15) is 44.1 Å². The Bertz CT molecular complexity index is 561. The second-order valence-electron chi connectivity index (χ2n) is 5.49. The summed E-state index contributed by atoms with van der Waals surface area (Å²) >= 11 is 6.09. The molecule has 1 aliphatic rings. The fourth-order valence-electron chi connectivity index (χ4n) is 2.78. The SMILES string of the molecule is N#Cc1ccnc(NCC2(C(=O)O)CCCCCC2)c1Cl. The summed E-state index contributed by atoms with van der Waals surface area (Å²) < 4.78 is 0. The third-order valence-electron chi connectivity index (χ3n) is 4.12. The highest BCUT2D eigenvalue weighted by atomic mass is 35.5. The van der Waals surface area contributed by atoms with Gasteiger partial charge in [0.15, 0.2) is 0 Å². The monoisotopic (exact) mass is 307 g/mol. The Morgan fingerprint density at radius 2 is 2.10 bits per heavy atom. The lowest BCUT2D eigenvalue weighted by atomic mass is 9.80. The van der Waals surface area contributed by atoms with Crippen LogP contribution >= 0.6 is 11.6 Å². The van der Waals surface area contributed by atoms with Crippen molar-refractivity contribution in [3.63, 3.8) is 0 Å². The van der Waals surface area contributed by atoms with Gasteiger partial charge in [-0.1, -0.05) is 37.3 Å². The summed E-state index contributed by atoms with van der Waals surface area (Å²) in [4.78, 5) is 15.8. The van der Waals surface area contributed by atoms with E-state index in [4.69, 9.17) is 16.9 Å². The Morgan fingerprint density at radius 3 is 2.67 bits per heavy atom. The quantitative estimate of drug-likeness (QED) is 0.832. The lowest BCUT2D eigenvalue weighted by molar-refractivity contribution is -0.149. The fraction of sp³-hybridized carbons (Fsp3) is 0.533. The van der Waals surface area contributed by atoms with Gasteiger partial charge in [0.2, 0.25) is 0 Å². The molecule has 0 bridgehead atoms. The molecule has 1 fully saturated rings. The molecule has 0 saturated heterocycles. The molecule has 2 rings (SSSR count). The standard InChI is InChI=1S/C15H18ClN3O2/c16-12-11(9-17)5-8-18-13(12)19-10-15(14(20)21)6-3-1-2-4-7-15/h5,8H,1-4,6-7,10H2,(H,18,19)(H,20,21). The summed E-state index contributed by atoms with van der Waals surface area (Å²) in [6.07, 6.45) is 6.82. The van der Waals surface area contributed by atoms with Crippen LogP contribution in [0.2, 0.25) is 5.02 Å². The first-order valence-electron chi connectivity index (χ1n) is 7.11. The van der Waals surface area contributed by atoms with E-state index in [0.717, 1.165) is 25.7 Å². The molecular formula is C15H18ClN3O2. The number of nitrogens with zero attached hydrogens (tertiary/aromatic N) is 2. The van der Waals surface area contributed by atoms with Crippen LogP contribution in [0.25, 0.3) is 0 Å². The number of halogens is 1. The minimum Gasteiger partial charge on any atom is -0.481 e. The zero-order valence-corrected chi connectivity index (χ0v) is 12.5. The van der Waals surface area contributed by atoms with Gasteiger partial charge >= 0.3 is 5.97 Å². The first kappa shape index (κ1) is 15.6. The third kappa shape index (κ3) is 3.45. The van der Waals surface area contributed by atoms with E-state index in [1.807, 2.05) is 6.07 Å². The fourth-order valence-corrected chi connectivity index (χ4v) is 3.00. The smallest absolute Gasteiger partial charge is 0.311 e. The summed E-state index contributed by atoms with van der Waals surface area (Å²) in [7, 11) is 0. The van der Waals surface area contributed by atoms with Crippen LogP contribution in [-0.2, 0) is 4.79 Å². The van der Waals surface area contributed by atoms with E-state index in [-0.39, 0.29) is 11.6 Å². The van der Waals surface area contributed by atoms with Crippen LogP contribution in [-0.4, -0.2) is 22.6 Å². The predicted octanol–water partition coefficient (Wildman–Crippen LogP) is 3.44. The zero-order valence-electron chi connectivity index (χ0n) is 11.7. The van der Waals surface area contributed by atoms with Gasteiger partial charge in [0.05, 0.1) is 11.0 Å². The van der Waals surface area contributed by atoms with Crippen molar-refractivity contribution in [2.24, 2.45) is 5.41 Å². The number of carboxylic acid groups (broad SMARTS) is 1. The largest absolute Gasteiger partial charge is 0.481 e. The molecule has 5 nitrogen and oxygen atoms in total. The maximum atomic E-state index is 11.7. The lowest BCUT2D eigenvalue weighted by Crippen LogP contribution is -2.37. The van der Waals surface area contributed by atoms with Crippen molar-refractivity contribution in [1.29, 1.82) is 5.26 Å². The van der Waals surface area contributed by atoms with Crippen LogP contribution in [0.4, 0.5) is 5.82 Å². The Labute approximate surface area is 128 Å². The van der Waals surface area contributed by atoms with E-state index >= 15 is 0 Å². The van der Waals surface area contributed by atoms with Gasteiger partial charge < -0.3 is 10.4 Å². The van der Waals surface area contributed by atoms with Gasteiger partial charge in [0, 0.05) is 12.7 Å². The molecule has 0 aromatic carbocycles. The highest BCUT2D eigenvalue weighted by Gasteiger charge is 2.38. The minimum absolute atomic E-state index is 0.245. The first-order chi connectivity index (χ1) is 10.1. The van der Waals surface area contributed by atoms with Gasteiger partial charge in [0.1, 0.15) is 16.9 Å². The molecule has 0 atom stereocenters. The average molecular weight is 308 g/mol. The molecule has 2 N–H and O–H groups in total. The number of aliphatic carboxylic acids is 1. The summed E-state index contributed by atoms with van der Waals surface area (Å²) in [6, 6.07) is 3.52. The maximum Gasteiger partial charge on any atom is 0.311 e. The van der Waals surface area contributed by atoms with Gasteiger partial charge in [0.25, 0.3) is 0 Å². The number of carbonyl (C=O) groups is 1. The van der Waals surface area contributed by atoms with Crippen molar-refractivity contribution in [3.05, 3.63) is 22.8 Å². The van der Waals surface area contributed by atoms with Crippen molar-refractivity contribution in [3.8, 4) is 6.07 Å². The number of aromatic nitrogens is 1. The molecule has 1 aliphatic carbocycles. The van der Waals surface area contributed by atoms with Crippen LogP contribution in [0.15, 0.2) is 12.3 Å². The van der Waals surface area contributed by atoms with Crippen LogP contribution in [0.5, 0.6) is 0 Å². The van der Waals surface area contributed by atoms with Crippen molar-refractivity contribution < 1.29 is 9.90 Å². The average Bonchev–Trinajstić information content (AvgIpc) is 2.73. The predicted molar refractivity (Wildman–Crippen MR) is 80.2 cm³/mol. The summed E-state index contributed by atoms with van der Waals surface area (Å²) in [5.41, 5.74) is -0.441. The Hall–Kier alpha value is -1.80. The Kier molecular flexibility index (Phi) is 5.03. The van der Waals surface area contributed by atoms with Crippen molar-refractivity contribution >= 4 is 23.4 Å². The molecular weight excluding hydrogens is 290 g/mol. The molecule has 1 aromatic heterocycles. The third-order valence-corrected chi connectivity index (χ3v) is 4.50.